The molecular weight excluding hydrogens is 708 g/mol. The smallest absolute Gasteiger partial charge is 0.374 e. The van der Waals surface area contributed by atoms with E-state index in [1.165, 1.54) is 156 Å². The van der Waals surface area contributed by atoms with Gasteiger partial charge in [-0.2, -0.15) is 0 Å². The predicted octanol–water partition coefficient (Wildman–Crippen LogP) is 17.0. The molecule has 316 valence electrons. The van der Waals surface area contributed by atoms with Crippen molar-refractivity contribution < 1.29 is 17.7 Å². The van der Waals surface area contributed by atoms with E-state index >= 15 is 4.39 Å². The summed E-state index contributed by atoms with van der Waals surface area (Å²) in [5, 5.41) is 4.91. The molecule has 56 heavy (non-hydrogen) atoms. The van der Waals surface area contributed by atoms with E-state index in [9.17, 15) is 0 Å². The first-order chi connectivity index (χ1) is 27.5. The Bertz CT molecular complexity index is 1460. The average molecular weight is 791 g/mol. The van der Waals surface area contributed by atoms with Gasteiger partial charge in [-0.1, -0.05) is 209 Å². The van der Waals surface area contributed by atoms with E-state index in [1.54, 1.807) is 0 Å². The standard InChI is InChI=1S/C35H47F.C16H36O3Si/c1-2-3-4-5-6-7-8-9-10-11-12-13-14-15-18-27-35(36)28-19-22-33-32-24-23-29-20-16-17-21-30(29)31(32)25-26-34(33)35;1-5-9-10-11-12-13-14-15-16-20(17-6-2,18-7-3)19-8-4/h16-17,19-26H,2-15,18,27-28H2,1H3;5-16H2,1-4H3. The molecule has 3 aromatic rings. The second kappa shape index (κ2) is 29.2. The van der Waals surface area contributed by atoms with Crippen molar-refractivity contribution in [3.63, 3.8) is 0 Å². The van der Waals surface area contributed by atoms with Crippen molar-refractivity contribution in [1.82, 2.24) is 0 Å². The minimum absolute atomic E-state index is 0.512. The molecule has 0 spiro atoms. The van der Waals surface area contributed by atoms with Crippen LogP contribution in [0.2, 0.25) is 6.04 Å². The van der Waals surface area contributed by atoms with Gasteiger partial charge in [0.2, 0.25) is 0 Å². The van der Waals surface area contributed by atoms with Crippen LogP contribution < -0.4 is 0 Å². The van der Waals surface area contributed by atoms with Gasteiger partial charge in [0.1, 0.15) is 5.67 Å². The number of hydrogen-bond acceptors (Lipinski definition) is 3. The summed E-state index contributed by atoms with van der Waals surface area (Å²) >= 11 is 0. The van der Waals surface area contributed by atoms with Gasteiger partial charge < -0.3 is 13.3 Å². The highest BCUT2D eigenvalue weighted by atomic mass is 28.4. The monoisotopic (exact) mass is 791 g/mol. The molecule has 0 saturated carbocycles. The zero-order valence-corrected chi connectivity index (χ0v) is 37.9. The van der Waals surface area contributed by atoms with Gasteiger partial charge in [0.05, 0.1) is 0 Å². The van der Waals surface area contributed by atoms with Crippen LogP contribution in [0.4, 0.5) is 4.39 Å². The molecule has 0 radical (unpaired) electrons. The van der Waals surface area contributed by atoms with Gasteiger partial charge in [-0.3, -0.25) is 0 Å². The van der Waals surface area contributed by atoms with Gasteiger partial charge in [0.15, 0.2) is 0 Å². The van der Waals surface area contributed by atoms with Crippen LogP contribution in [0, 0.1) is 0 Å². The van der Waals surface area contributed by atoms with Crippen LogP contribution in [0.3, 0.4) is 0 Å². The molecule has 0 amide bonds. The first-order valence-electron chi connectivity index (χ1n) is 23.7. The third-order valence-corrected chi connectivity index (χ3v) is 14.9. The highest BCUT2D eigenvalue weighted by molar-refractivity contribution is 6.60. The second-order valence-electron chi connectivity index (χ2n) is 16.4. The van der Waals surface area contributed by atoms with Crippen LogP contribution in [0.25, 0.3) is 27.6 Å². The van der Waals surface area contributed by atoms with Crippen LogP contribution in [-0.2, 0) is 18.9 Å². The summed E-state index contributed by atoms with van der Waals surface area (Å²) in [6.07, 6.45) is 36.1. The maximum Gasteiger partial charge on any atom is 0.500 e. The number of fused-ring (bicyclic) bond motifs is 5. The molecule has 3 aromatic carbocycles. The number of hydrogen-bond donors (Lipinski definition) is 0. The Morgan fingerprint density at radius 2 is 0.964 bits per heavy atom. The van der Waals surface area contributed by atoms with E-state index in [1.807, 2.05) is 20.8 Å². The summed E-state index contributed by atoms with van der Waals surface area (Å²) in [5.74, 6) is 0. The molecule has 1 aliphatic carbocycles. The maximum atomic E-state index is 16.2. The third kappa shape index (κ3) is 17.0. The van der Waals surface area contributed by atoms with Crippen LogP contribution in [-0.4, -0.2) is 28.6 Å². The van der Waals surface area contributed by atoms with Gasteiger partial charge in [0.25, 0.3) is 0 Å². The predicted molar refractivity (Wildman–Crippen MR) is 245 cm³/mol. The molecular formula is C51H83FO3Si. The van der Waals surface area contributed by atoms with Gasteiger partial charge in [0, 0.05) is 32.3 Å². The summed E-state index contributed by atoms with van der Waals surface area (Å²) in [7, 11) is -2.38. The number of unbranched alkanes of at least 4 members (excludes halogenated alkanes) is 21. The normalized spacial score (nSPS) is 15.3. The highest BCUT2D eigenvalue weighted by Crippen LogP contribution is 2.44. The Balaban J connectivity index is 0.000000359. The van der Waals surface area contributed by atoms with Crippen molar-refractivity contribution in [3.05, 3.63) is 65.7 Å². The molecule has 4 rings (SSSR count). The summed E-state index contributed by atoms with van der Waals surface area (Å²) in [6, 6.07) is 18.0. The Kier molecular flexibility index (Phi) is 25.2. The van der Waals surface area contributed by atoms with E-state index in [0.717, 1.165) is 30.0 Å². The molecule has 0 fully saturated rings. The van der Waals surface area contributed by atoms with Crippen LogP contribution in [0.5, 0.6) is 0 Å². The largest absolute Gasteiger partial charge is 0.500 e. The van der Waals surface area contributed by atoms with Gasteiger partial charge in [-0.05, 0) is 72.7 Å². The first-order valence-corrected chi connectivity index (χ1v) is 25.6. The van der Waals surface area contributed by atoms with Crippen molar-refractivity contribution in [2.45, 2.75) is 207 Å². The molecule has 1 atom stereocenters. The van der Waals surface area contributed by atoms with Crippen LogP contribution in [0.1, 0.15) is 206 Å². The van der Waals surface area contributed by atoms with Crippen molar-refractivity contribution in [3.8, 4) is 0 Å². The zero-order valence-electron chi connectivity index (χ0n) is 36.9. The molecule has 0 aliphatic heterocycles. The topological polar surface area (TPSA) is 27.7 Å². The molecule has 3 nitrogen and oxygen atoms in total. The number of halogens is 1. The highest BCUT2D eigenvalue weighted by Gasteiger charge is 2.39. The van der Waals surface area contributed by atoms with E-state index in [2.05, 4.69) is 74.5 Å². The Hall–Kier alpha value is -2.05. The molecule has 5 heteroatoms. The van der Waals surface area contributed by atoms with E-state index in [4.69, 9.17) is 13.3 Å². The first kappa shape index (κ1) is 48.3. The van der Waals surface area contributed by atoms with Gasteiger partial charge in [-0.15, -0.1) is 0 Å². The van der Waals surface area contributed by atoms with E-state index in [-0.39, 0.29) is 0 Å². The third-order valence-electron chi connectivity index (χ3n) is 11.8. The van der Waals surface area contributed by atoms with Crippen molar-refractivity contribution in [2.24, 2.45) is 0 Å². The van der Waals surface area contributed by atoms with Gasteiger partial charge >= 0.3 is 8.80 Å². The molecule has 0 bridgehead atoms. The zero-order chi connectivity index (χ0) is 40.2. The van der Waals surface area contributed by atoms with Crippen LogP contribution in [0.15, 0.2) is 54.6 Å². The van der Waals surface area contributed by atoms with Crippen LogP contribution >= 0.6 is 0 Å². The molecule has 0 aromatic heterocycles. The minimum Gasteiger partial charge on any atom is -0.374 e. The van der Waals surface area contributed by atoms with Crippen molar-refractivity contribution in [2.75, 3.05) is 19.8 Å². The number of alkyl halides is 1. The molecule has 1 aliphatic rings. The maximum absolute atomic E-state index is 16.2. The number of allylic oxidation sites excluding steroid dienone is 1. The summed E-state index contributed by atoms with van der Waals surface area (Å²) in [4.78, 5) is 0. The molecule has 0 heterocycles. The summed E-state index contributed by atoms with van der Waals surface area (Å²) in [5.41, 5.74) is 0.770. The lowest BCUT2D eigenvalue weighted by Gasteiger charge is -2.30. The number of benzene rings is 3. The average Bonchev–Trinajstić information content (AvgIpc) is 3.21. The summed E-state index contributed by atoms with van der Waals surface area (Å²) in [6.45, 7) is 12.7. The fourth-order valence-corrected chi connectivity index (χ4v) is 11.3. The minimum atomic E-state index is -2.38. The van der Waals surface area contributed by atoms with Crippen molar-refractivity contribution in [1.29, 1.82) is 0 Å². The quantitative estimate of drug-likeness (QED) is 0.0369. The second-order valence-corrected chi connectivity index (χ2v) is 19.1. The Morgan fingerprint density at radius 1 is 0.500 bits per heavy atom. The number of rotatable bonds is 31. The molecule has 1 unspecified atom stereocenters. The van der Waals surface area contributed by atoms with E-state index < -0.39 is 14.5 Å². The van der Waals surface area contributed by atoms with E-state index in [0.29, 0.717) is 32.7 Å². The van der Waals surface area contributed by atoms with Gasteiger partial charge in [-0.25, -0.2) is 4.39 Å². The Labute approximate surface area is 345 Å². The lowest BCUT2D eigenvalue weighted by Crippen LogP contribution is -2.45. The Morgan fingerprint density at radius 3 is 1.48 bits per heavy atom. The SMILES string of the molecule is CCCCCCCCCCCCCCCCCC1(F)CC=Cc2c1ccc1c2ccc2ccccc21.CCCCCCCCCC[Si](OCC)(OCC)OCC. The molecule has 0 saturated heterocycles. The lowest BCUT2D eigenvalue weighted by molar-refractivity contribution is 0.0706. The van der Waals surface area contributed by atoms with Crippen molar-refractivity contribution >= 4 is 36.4 Å². The fourth-order valence-electron chi connectivity index (χ4n) is 8.65. The lowest BCUT2D eigenvalue weighted by atomic mass is 9.79. The molecule has 0 N–H and O–H groups in total. The summed E-state index contributed by atoms with van der Waals surface area (Å²) < 4.78 is 33.8. The fraction of sp³-hybridized carbons (Fsp3) is 0.686.